The molecule has 0 aromatic rings. The van der Waals surface area contributed by atoms with Crippen LogP contribution in [-0.4, -0.2) is 20.3 Å². The van der Waals surface area contributed by atoms with Crippen molar-refractivity contribution in [2.75, 3.05) is 0 Å². The highest BCUT2D eigenvalue weighted by Crippen LogP contribution is 1.90. The van der Waals surface area contributed by atoms with Gasteiger partial charge in [-0.15, -0.1) is 4.40 Å². The third kappa shape index (κ3) is 0.833. The van der Waals surface area contributed by atoms with Gasteiger partial charge in [-0.3, -0.25) is 0 Å². The zero-order valence-corrected chi connectivity index (χ0v) is 4.01. The fraction of sp³-hybridized carbons (Fsp3) is 0. The van der Waals surface area contributed by atoms with Gasteiger partial charge in [0.05, 0.1) is 0 Å². The van der Waals surface area contributed by atoms with Gasteiger partial charge in [0.1, 0.15) is 6.34 Å². The summed E-state index contributed by atoms with van der Waals surface area (Å²) in [4.78, 5) is 3.11. The highest BCUT2D eigenvalue weighted by molar-refractivity contribution is 8.03. The number of hydrogen-bond acceptors (Lipinski definition) is 3. The first-order valence-electron chi connectivity index (χ1n) is 1.46. The number of nitrogens with zero attached hydrogens (tertiary/aromatic N) is 2. The van der Waals surface area contributed by atoms with Crippen molar-refractivity contribution in [2.45, 2.75) is 0 Å². The summed E-state index contributed by atoms with van der Waals surface area (Å²) in [7, 11) is -3.39. The molecular formula is C2HN2O2S. The molecule has 1 rings (SSSR count). The maximum Gasteiger partial charge on any atom is 0.304 e. The Labute approximate surface area is 40.6 Å². The Balaban J connectivity index is 3.25. The Morgan fingerprint density at radius 1 is 1.57 bits per heavy atom. The van der Waals surface area contributed by atoms with Crippen LogP contribution in [0.3, 0.4) is 0 Å². The molecule has 0 bridgehead atoms. The fourth-order valence-corrected chi connectivity index (χ4v) is 0.598. The van der Waals surface area contributed by atoms with Crippen LogP contribution in [0.15, 0.2) is 9.39 Å². The van der Waals surface area contributed by atoms with E-state index >= 15 is 0 Å². The molecule has 37 valence electrons. The SMILES string of the molecule is O=S1(=O)[C]=NC=N1. The molecule has 0 amide bonds. The summed E-state index contributed by atoms with van der Waals surface area (Å²) in [5.74, 6) is 0. The molecule has 7 heavy (non-hydrogen) atoms. The maximum atomic E-state index is 10.0. The van der Waals surface area contributed by atoms with Gasteiger partial charge in [-0.05, 0) is 0 Å². The van der Waals surface area contributed by atoms with Crippen LogP contribution < -0.4 is 0 Å². The minimum Gasteiger partial charge on any atom is -0.219 e. The van der Waals surface area contributed by atoms with Crippen molar-refractivity contribution in [3.63, 3.8) is 0 Å². The number of sulfonamides is 1. The lowest BCUT2D eigenvalue weighted by Crippen LogP contribution is -1.88. The summed E-state index contributed by atoms with van der Waals surface area (Å²) >= 11 is 0. The Morgan fingerprint density at radius 2 is 2.29 bits per heavy atom. The molecule has 0 aromatic heterocycles. The van der Waals surface area contributed by atoms with E-state index in [-0.39, 0.29) is 0 Å². The van der Waals surface area contributed by atoms with Crippen molar-refractivity contribution in [3.05, 3.63) is 0 Å². The van der Waals surface area contributed by atoms with E-state index in [1.165, 1.54) is 0 Å². The van der Waals surface area contributed by atoms with E-state index in [0.29, 0.717) is 0 Å². The largest absolute Gasteiger partial charge is 0.304 e. The predicted octanol–water partition coefficient (Wildman–Crippen LogP) is -0.737. The first kappa shape index (κ1) is 4.45. The van der Waals surface area contributed by atoms with E-state index in [1.54, 1.807) is 5.55 Å². The van der Waals surface area contributed by atoms with Gasteiger partial charge in [-0.25, -0.2) is 4.99 Å². The lowest BCUT2D eigenvalue weighted by molar-refractivity contribution is 0.610. The summed E-state index contributed by atoms with van der Waals surface area (Å²) in [6.07, 6.45) is 0.940. The Morgan fingerprint density at radius 3 is 2.43 bits per heavy atom. The lowest BCUT2D eigenvalue weighted by Gasteiger charge is -1.69. The summed E-state index contributed by atoms with van der Waals surface area (Å²) in [5, 5.41) is 0. The summed E-state index contributed by atoms with van der Waals surface area (Å²) in [5.41, 5.74) is 1.77. The van der Waals surface area contributed by atoms with Crippen molar-refractivity contribution in [2.24, 2.45) is 9.39 Å². The summed E-state index contributed by atoms with van der Waals surface area (Å²) in [6.45, 7) is 0. The van der Waals surface area contributed by atoms with E-state index in [4.69, 9.17) is 0 Å². The average molecular weight is 117 g/mol. The van der Waals surface area contributed by atoms with Gasteiger partial charge in [0.15, 0.2) is 0 Å². The Bertz CT molecular complexity index is 194. The molecule has 0 N–H and O–H groups in total. The monoisotopic (exact) mass is 117 g/mol. The lowest BCUT2D eigenvalue weighted by atomic mass is 11.3. The fourth-order valence-electron chi connectivity index (χ4n) is 0.199. The zero-order chi connectivity index (χ0) is 5.33. The predicted molar refractivity (Wildman–Crippen MR) is 24.8 cm³/mol. The molecule has 0 fully saturated rings. The normalized spacial score (nSPS) is 23.4. The Hall–Kier alpha value is -0.710. The van der Waals surface area contributed by atoms with E-state index < -0.39 is 10.0 Å². The Kier molecular flexibility index (Phi) is 0.717. The van der Waals surface area contributed by atoms with Crippen LogP contribution in [0, 0.1) is 0 Å². The second kappa shape index (κ2) is 1.13. The third-order valence-corrected chi connectivity index (χ3v) is 1.12. The van der Waals surface area contributed by atoms with Crippen LogP contribution >= 0.6 is 0 Å². The van der Waals surface area contributed by atoms with Gasteiger partial charge >= 0.3 is 10.0 Å². The third-order valence-electron chi connectivity index (χ3n) is 0.412. The minimum atomic E-state index is -3.39. The molecule has 4 nitrogen and oxygen atoms in total. The molecule has 0 aliphatic carbocycles. The molecule has 0 saturated heterocycles. The topological polar surface area (TPSA) is 58.9 Å². The van der Waals surface area contributed by atoms with Gasteiger partial charge in [-0.2, -0.15) is 8.42 Å². The van der Waals surface area contributed by atoms with Crippen LogP contribution in [0.25, 0.3) is 0 Å². The summed E-state index contributed by atoms with van der Waals surface area (Å²) < 4.78 is 23.0. The highest BCUT2D eigenvalue weighted by atomic mass is 32.2. The van der Waals surface area contributed by atoms with Crippen molar-refractivity contribution in [1.29, 1.82) is 0 Å². The van der Waals surface area contributed by atoms with E-state index in [9.17, 15) is 8.42 Å². The first-order valence-corrected chi connectivity index (χ1v) is 2.90. The van der Waals surface area contributed by atoms with Crippen LogP contribution in [0.2, 0.25) is 0 Å². The molecule has 1 aliphatic heterocycles. The second-order valence-electron chi connectivity index (χ2n) is 0.916. The van der Waals surface area contributed by atoms with Gasteiger partial charge in [-0.1, -0.05) is 0 Å². The quantitative estimate of drug-likeness (QED) is 0.419. The molecule has 1 aliphatic rings. The first-order chi connectivity index (χ1) is 3.21. The van der Waals surface area contributed by atoms with Gasteiger partial charge in [0.25, 0.3) is 0 Å². The second-order valence-corrected chi connectivity index (χ2v) is 2.26. The molecule has 0 aromatic carbocycles. The van der Waals surface area contributed by atoms with Crippen molar-refractivity contribution in [3.8, 4) is 0 Å². The van der Waals surface area contributed by atoms with E-state index in [1.807, 2.05) is 0 Å². The average Bonchev–Trinajstić information content (AvgIpc) is 1.84. The van der Waals surface area contributed by atoms with Crippen molar-refractivity contribution < 1.29 is 8.42 Å². The smallest absolute Gasteiger partial charge is 0.219 e. The van der Waals surface area contributed by atoms with E-state index in [2.05, 4.69) is 9.39 Å². The van der Waals surface area contributed by atoms with Gasteiger partial charge in [0, 0.05) is 0 Å². The van der Waals surface area contributed by atoms with Crippen LogP contribution in [-0.2, 0) is 10.0 Å². The van der Waals surface area contributed by atoms with Crippen molar-refractivity contribution >= 4 is 21.9 Å². The van der Waals surface area contributed by atoms with Gasteiger partial charge < -0.3 is 0 Å². The number of hydrogen-bond donors (Lipinski definition) is 0. The highest BCUT2D eigenvalue weighted by Gasteiger charge is 2.05. The van der Waals surface area contributed by atoms with Crippen LogP contribution in [0.4, 0.5) is 0 Å². The van der Waals surface area contributed by atoms with Crippen LogP contribution in [0.5, 0.6) is 0 Å². The molecule has 1 heterocycles. The van der Waals surface area contributed by atoms with Gasteiger partial charge in [0.2, 0.25) is 5.55 Å². The molecule has 5 heteroatoms. The van der Waals surface area contributed by atoms with Crippen molar-refractivity contribution in [1.82, 2.24) is 0 Å². The standard InChI is InChI=1S/C2HN2O2S/c5-7(6)2-3-1-4-7/h1H. The zero-order valence-electron chi connectivity index (χ0n) is 3.20. The molecule has 0 saturated carbocycles. The van der Waals surface area contributed by atoms with Crippen LogP contribution in [0.1, 0.15) is 0 Å². The molecule has 0 spiro atoms. The molecule has 1 radical (unpaired) electrons. The maximum absolute atomic E-state index is 10.0. The molecular weight excluding hydrogens is 116 g/mol. The number of rotatable bonds is 0. The van der Waals surface area contributed by atoms with E-state index in [0.717, 1.165) is 6.34 Å². The summed E-state index contributed by atoms with van der Waals surface area (Å²) in [6, 6.07) is 0. The minimum absolute atomic E-state index is 0.940. The number of aliphatic imine (C=N–C) groups is 1. The molecule has 0 unspecified atom stereocenters. The molecule has 0 atom stereocenters.